The summed E-state index contributed by atoms with van der Waals surface area (Å²) in [4.78, 5) is 18.3. The Balaban J connectivity index is 1.45. The first-order valence-electron chi connectivity index (χ1n) is 12.0. The van der Waals surface area contributed by atoms with Gasteiger partial charge in [0.25, 0.3) is 10.1 Å². The molecule has 0 radical (unpaired) electrons. The average molecular weight is 551 g/mol. The zero-order valence-corrected chi connectivity index (χ0v) is 23.1. The smallest absolute Gasteiger partial charge is 0.414 e. The lowest BCUT2D eigenvalue weighted by Crippen LogP contribution is -2.34. The maximum Gasteiger partial charge on any atom is 0.414 e. The number of fused-ring (bicyclic) bond motifs is 1. The molecule has 0 atom stereocenters. The third kappa shape index (κ3) is 9.60. The van der Waals surface area contributed by atoms with Gasteiger partial charge in [0.05, 0.1) is 39.3 Å². The van der Waals surface area contributed by atoms with E-state index < -0.39 is 21.8 Å². The Kier molecular flexibility index (Phi) is 10.1. The van der Waals surface area contributed by atoms with E-state index in [9.17, 15) is 13.2 Å². The lowest BCUT2D eigenvalue weighted by atomic mass is 10.2. The van der Waals surface area contributed by atoms with Gasteiger partial charge in [-0.3, -0.25) is 9.08 Å². The fourth-order valence-corrected chi connectivity index (χ4v) is 3.54. The second kappa shape index (κ2) is 13.1. The van der Waals surface area contributed by atoms with Gasteiger partial charge in [0.15, 0.2) is 5.58 Å². The van der Waals surface area contributed by atoms with Crippen molar-refractivity contribution in [3.8, 4) is 17.2 Å². The van der Waals surface area contributed by atoms with Crippen LogP contribution in [0.1, 0.15) is 20.8 Å². The number of nitrogens with zero attached hydrogens (tertiary/aromatic N) is 2. The van der Waals surface area contributed by atoms with Gasteiger partial charge in [-0.25, -0.2) is 9.78 Å². The summed E-state index contributed by atoms with van der Waals surface area (Å²) in [5.74, 6) is 1.08. The van der Waals surface area contributed by atoms with Crippen molar-refractivity contribution in [2.75, 3.05) is 57.8 Å². The lowest BCUT2D eigenvalue weighted by Gasteiger charge is -2.24. The number of oxazole rings is 1. The highest BCUT2D eigenvalue weighted by atomic mass is 32.2. The Morgan fingerprint density at radius 1 is 0.947 bits per heavy atom. The maximum atomic E-state index is 12.3. The van der Waals surface area contributed by atoms with Gasteiger partial charge >= 0.3 is 6.09 Å². The first-order valence-corrected chi connectivity index (χ1v) is 13.8. The number of carbonyl (C=O) groups is 1. The maximum absolute atomic E-state index is 12.3. The number of anilines is 1. The second-order valence-electron chi connectivity index (χ2n) is 9.33. The van der Waals surface area contributed by atoms with E-state index in [0.29, 0.717) is 54.9 Å². The molecule has 38 heavy (non-hydrogen) atoms. The van der Waals surface area contributed by atoms with Crippen LogP contribution in [-0.4, -0.2) is 78.0 Å². The largest absolute Gasteiger partial charge is 0.491 e. The van der Waals surface area contributed by atoms with Crippen LogP contribution in [0.2, 0.25) is 0 Å². The van der Waals surface area contributed by atoms with E-state index in [-0.39, 0.29) is 13.2 Å². The quantitative estimate of drug-likeness (QED) is 0.225. The standard InChI is InChI=1S/C26H34N2O9S/c1-26(2,3)37-25(29)28(4)20-8-6-19(7-9-20)24-27-22-18-21(10-11-23(22)36-24)34-16-14-32-12-13-33-15-17-35-38(5,30)31/h6-11,18H,12-17H2,1-5H3. The predicted octanol–water partition coefficient (Wildman–Crippen LogP) is 4.25. The molecule has 0 saturated heterocycles. The molecule has 0 aliphatic rings. The fraction of sp³-hybridized carbons (Fsp3) is 0.462. The van der Waals surface area contributed by atoms with Crippen molar-refractivity contribution < 1.29 is 40.8 Å². The van der Waals surface area contributed by atoms with Crippen LogP contribution in [0.3, 0.4) is 0 Å². The van der Waals surface area contributed by atoms with E-state index in [0.717, 1.165) is 11.8 Å². The molecule has 12 heteroatoms. The average Bonchev–Trinajstić information content (AvgIpc) is 3.26. The molecule has 0 N–H and O–H groups in total. The van der Waals surface area contributed by atoms with E-state index >= 15 is 0 Å². The Morgan fingerprint density at radius 3 is 2.21 bits per heavy atom. The fourth-order valence-electron chi connectivity index (χ4n) is 3.17. The summed E-state index contributed by atoms with van der Waals surface area (Å²) < 4.78 is 53.9. The predicted molar refractivity (Wildman–Crippen MR) is 142 cm³/mol. The topological polar surface area (TPSA) is 127 Å². The Bertz CT molecular complexity index is 1300. The van der Waals surface area contributed by atoms with Gasteiger partial charge in [-0.15, -0.1) is 0 Å². The molecule has 1 amide bonds. The molecule has 1 aromatic heterocycles. The second-order valence-corrected chi connectivity index (χ2v) is 11.0. The van der Waals surface area contributed by atoms with Crippen LogP contribution in [0.15, 0.2) is 46.9 Å². The highest BCUT2D eigenvalue weighted by molar-refractivity contribution is 7.85. The Morgan fingerprint density at radius 2 is 1.58 bits per heavy atom. The molecule has 0 fully saturated rings. The number of ether oxygens (including phenoxy) is 4. The third-order valence-corrected chi connectivity index (χ3v) is 5.52. The number of hydrogen-bond acceptors (Lipinski definition) is 10. The highest BCUT2D eigenvalue weighted by Crippen LogP contribution is 2.28. The molecule has 3 rings (SSSR count). The van der Waals surface area contributed by atoms with Crippen LogP contribution in [-0.2, 0) is 28.5 Å². The van der Waals surface area contributed by atoms with Crippen LogP contribution in [0.4, 0.5) is 10.5 Å². The van der Waals surface area contributed by atoms with Crippen molar-refractivity contribution in [3.63, 3.8) is 0 Å². The van der Waals surface area contributed by atoms with E-state index in [1.807, 2.05) is 32.9 Å². The normalized spacial score (nSPS) is 12.0. The molecule has 0 aliphatic carbocycles. The van der Waals surface area contributed by atoms with Crippen LogP contribution >= 0.6 is 0 Å². The molecule has 0 bridgehead atoms. The summed E-state index contributed by atoms with van der Waals surface area (Å²) in [5.41, 5.74) is 2.15. The molecule has 3 aromatic rings. The van der Waals surface area contributed by atoms with Crippen LogP contribution in [0.5, 0.6) is 5.75 Å². The van der Waals surface area contributed by atoms with Crippen LogP contribution in [0.25, 0.3) is 22.6 Å². The van der Waals surface area contributed by atoms with Crippen LogP contribution in [0, 0.1) is 0 Å². The molecular weight excluding hydrogens is 516 g/mol. The Hall–Kier alpha value is -3.19. The Labute approximate surface area is 222 Å². The van der Waals surface area contributed by atoms with E-state index in [2.05, 4.69) is 9.17 Å². The molecule has 11 nitrogen and oxygen atoms in total. The van der Waals surface area contributed by atoms with Crippen molar-refractivity contribution in [1.82, 2.24) is 4.98 Å². The summed E-state index contributed by atoms with van der Waals surface area (Å²) in [6.07, 6.45) is 0.555. The van der Waals surface area contributed by atoms with Gasteiger partial charge < -0.3 is 23.4 Å². The van der Waals surface area contributed by atoms with E-state index in [1.165, 1.54) is 4.90 Å². The molecule has 0 unspecified atom stereocenters. The minimum Gasteiger partial charge on any atom is -0.491 e. The van der Waals surface area contributed by atoms with E-state index in [1.54, 1.807) is 37.4 Å². The number of hydrogen-bond donors (Lipinski definition) is 0. The first kappa shape index (κ1) is 29.4. The highest BCUT2D eigenvalue weighted by Gasteiger charge is 2.20. The zero-order chi connectivity index (χ0) is 27.8. The molecule has 208 valence electrons. The molecule has 2 aromatic carbocycles. The number of benzene rings is 2. The lowest BCUT2D eigenvalue weighted by molar-refractivity contribution is 0.0280. The molecule has 0 saturated carbocycles. The first-order chi connectivity index (χ1) is 17.9. The van der Waals surface area contributed by atoms with Gasteiger partial charge in [0, 0.05) is 24.4 Å². The van der Waals surface area contributed by atoms with Crippen molar-refractivity contribution in [1.29, 1.82) is 0 Å². The van der Waals surface area contributed by atoms with Crippen molar-refractivity contribution in [2.45, 2.75) is 26.4 Å². The van der Waals surface area contributed by atoms with Crippen molar-refractivity contribution >= 4 is 33.0 Å². The summed E-state index contributed by atoms with van der Waals surface area (Å²) in [5, 5.41) is 0. The number of rotatable bonds is 13. The minimum absolute atomic E-state index is 0.0229. The molecule has 0 spiro atoms. The van der Waals surface area contributed by atoms with Gasteiger partial charge in [-0.05, 0) is 57.2 Å². The van der Waals surface area contributed by atoms with Crippen molar-refractivity contribution in [2.24, 2.45) is 0 Å². The third-order valence-electron chi connectivity index (χ3n) is 4.92. The SMILES string of the molecule is CN(C(=O)OC(C)(C)C)c1ccc(-c2nc3cc(OCCOCCOCCOS(C)(=O)=O)ccc3o2)cc1. The zero-order valence-electron chi connectivity index (χ0n) is 22.3. The minimum atomic E-state index is -3.45. The van der Waals surface area contributed by atoms with E-state index in [4.69, 9.17) is 23.4 Å². The molecule has 0 aliphatic heterocycles. The van der Waals surface area contributed by atoms with Gasteiger partial charge in [0.2, 0.25) is 5.89 Å². The molecule has 1 heterocycles. The van der Waals surface area contributed by atoms with Crippen molar-refractivity contribution in [3.05, 3.63) is 42.5 Å². The number of carbonyl (C=O) groups excluding carboxylic acids is 1. The number of aromatic nitrogens is 1. The summed E-state index contributed by atoms with van der Waals surface area (Å²) in [7, 11) is -1.79. The summed E-state index contributed by atoms with van der Waals surface area (Å²) in [6, 6.07) is 12.6. The van der Waals surface area contributed by atoms with Gasteiger partial charge in [-0.2, -0.15) is 8.42 Å². The number of amides is 1. The molecular formula is C26H34N2O9S. The monoisotopic (exact) mass is 550 g/mol. The summed E-state index contributed by atoms with van der Waals surface area (Å²) >= 11 is 0. The van der Waals surface area contributed by atoms with Gasteiger partial charge in [0.1, 0.15) is 23.5 Å². The van der Waals surface area contributed by atoms with Crippen LogP contribution < -0.4 is 9.64 Å². The summed E-state index contributed by atoms with van der Waals surface area (Å²) in [6.45, 7) is 6.97. The van der Waals surface area contributed by atoms with Gasteiger partial charge in [-0.1, -0.05) is 0 Å².